The van der Waals surface area contributed by atoms with E-state index in [4.69, 9.17) is 5.11 Å². The second-order valence-corrected chi connectivity index (χ2v) is 7.55. The van der Waals surface area contributed by atoms with E-state index in [-0.39, 0.29) is 11.9 Å². The molecule has 0 aliphatic carbocycles. The zero-order chi connectivity index (χ0) is 15.7. The standard InChI is InChI=1S/C15H16N2O3S2/c1-9-10(14(19)20)6-7-17(9)13(18)8-21-15-16-11-4-2-3-5-12(11)22-15/h2-5,9-10H,6-8H2,1H3,(H,19,20). The van der Waals surface area contributed by atoms with E-state index in [0.29, 0.717) is 18.7 Å². The van der Waals surface area contributed by atoms with Crippen LogP contribution in [0.3, 0.4) is 0 Å². The first kappa shape index (κ1) is 15.3. The van der Waals surface area contributed by atoms with E-state index in [9.17, 15) is 9.59 Å². The quantitative estimate of drug-likeness (QED) is 0.869. The van der Waals surface area contributed by atoms with Gasteiger partial charge in [-0.15, -0.1) is 11.3 Å². The summed E-state index contributed by atoms with van der Waals surface area (Å²) in [7, 11) is 0. The van der Waals surface area contributed by atoms with Crippen molar-refractivity contribution in [2.45, 2.75) is 23.7 Å². The summed E-state index contributed by atoms with van der Waals surface area (Å²) in [6, 6.07) is 7.65. The molecular formula is C15H16N2O3S2. The maximum Gasteiger partial charge on any atom is 0.308 e. The number of carbonyl (C=O) groups excluding carboxylic acids is 1. The molecule has 22 heavy (non-hydrogen) atoms. The fourth-order valence-corrected chi connectivity index (χ4v) is 4.70. The molecule has 1 aliphatic rings. The van der Waals surface area contributed by atoms with Gasteiger partial charge in [0.2, 0.25) is 5.91 Å². The highest BCUT2D eigenvalue weighted by atomic mass is 32.2. The number of amides is 1. The second kappa shape index (κ2) is 6.26. The molecule has 1 aromatic heterocycles. The molecule has 7 heteroatoms. The number of aromatic nitrogens is 1. The number of carboxylic acid groups (broad SMARTS) is 1. The molecule has 3 rings (SSSR count). The number of likely N-dealkylation sites (tertiary alicyclic amines) is 1. The lowest BCUT2D eigenvalue weighted by Crippen LogP contribution is -2.38. The van der Waals surface area contributed by atoms with E-state index in [2.05, 4.69) is 4.98 Å². The van der Waals surface area contributed by atoms with Crippen molar-refractivity contribution in [3.8, 4) is 0 Å². The Morgan fingerprint density at radius 2 is 2.23 bits per heavy atom. The second-order valence-electron chi connectivity index (χ2n) is 5.30. The van der Waals surface area contributed by atoms with Crippen LogP contribution in [0.2, 0.25) is 0 Å². The van der Waals surface area contributed by atoms with Crippen LogP contribution in [-0.4, -0.2) is 45.2 Å². The van der Waals surface area contributed by atoms with Crippen LogP contribution >= 0.6 is 23.1 Å². The van der Waals surface area contributed by atoms with Gasteiger partial charge in [0.15, 0.2) is 4.34 Å². The molecule has 5 nitrogen and oxygen atoms in total. The molecule has 2 aromatic rings. The highest BCUT2D eigenvalue weighted by Crippen LogP contribution is 2.30. The molecule has 1 aliphatic heterocycles. The molecule has 116 valence electrons. The van der Waals surface area contributed by atoms with Gasteiger partial charge in [-0.2, -0.15) is 0 Å². The van der Waals surface area contributed by atoms with Crippen molar-refractivity contribution in [2.24, 2.45) is 5.92 Å². The van der Waals surface area contributed by atoms with Crippen LogP contribution < -0.4 is 0 Å². The molecule has 0 spiro atoms. The lowest BCUT2D eigenvalue weighted by Gasteiger charge is -2.22. The van der Waals surface area contributed by atoms with Gasteiger partial charge < -0.3 is 10.0 Å². The summed E-state index contributed by atoms with van der Waals surface area (Å²) in [5, 5.41) is 9.12. The summed E-state index contributed by atoms with van der Waals surface area (Å²) >= 11 is 3.00. The van der Waals surface area contributed by atoms with Crippen LogP contribution in [0.15, 0.2) is 28.6 Å². The first-order valence-electron chi connectivity index (χ1n) is 7.07. The Bertz CT molecular complexity index is 683. The molecule has 1 aromatic carbocycles. The Labute approximate surface area is 136 Å². The third-order valence-electron chi connectivity index (χ3n) is 3.99. The minimum Gasteiger partial charge on any atom is -0.481 e. The number of carboxylic acids is 1. The summed E-state index contributed by atoms with van der Waals surface area (Å²) in [4.78, 5) is 29.6. The van der Waals surface area contributed by atoms with Gasteiger partial charge in [0.1, 0.15) is 0 Å². The Hall–Kier alpha value is -1.60. The maximum absolute atomic E-state index is 12.3. The molecule has 2 atom stereocenters. The number of hydrogen-bond donors (Lipinski definition) is 1. The van der Waals surface area contributed by atoms with Crippen LogP contribution in [0, 0.1) is 5.92 Å². The largest absolute Gasteiger partial charge is 0.481 e. The summed E-state index contributed by atoms with van der Waals surface area (Å²) in [5.41, 5.74) is 0.947. The van der Waals surface area contributed by atoms with Gasteiger partial charge in [0.25, 0.3) is 0 Å². The number of rotatable bonds is 4. The Morgan fingerprint density at radius 1 is 1.45 bits per heavy atom. The molecule has 2 unspecified atom stereocenters. The topological polar surface area (TPSA) is 70.5 Å². The maximum atomic E-state index is 12.3. The van der Waals surface area contributed by atoms with E-state index >= 15 is 0 Å². The number of thiazole rings is 1. The van der Waals surface area contributed by atoms with Gasteiger partial charge in [-0.1, -0.05) is 23.9 Å². The van der Waals surface area contributed by atoms with Crippen LogP contribution in [0.1, 0.15) is 13.3 Å². The normalized spacial score (nSPS) is 21.4. The molecule has 0 radical (unpaired) electrons. The van der Waals surface area contributed by atoms with Crippen molar-refractivity contribution < 1.29 is 14.7 Å². The minimum atomic E-state index is -0.818. The summed E-state index contributed by atoms with van der Waals surface area (Å²) < 4.78 is 1.98. The minimum absolute atomic E-state index is 0.0134. The zero-order valence-electron chi connectivity index (χ0n) is 12.1. The fourth-order valence-electron chi connectivity index (χ4n) is 2.74. The number of carbonyl (C=O) groups is 2. The smallest absolute Gasteiger partial charge is 0.308 e. The van der Waals surface area contributed by atoms with Gasteiger partial charge in [-0.3, -0.25) is 9.59 Å². The number of fused-ring (bicyclic) bond motifs is 1. The molecule has 0 bridgehead atoms. The van der Waals surface area contributed by atoms with Crippen molar-refractivity contribution in [1.29, 1.82) is 0 Å². The zero-order valence-corrected chi connectivity index (χ0v) is 13.7. The fraction of sp³-hybridized carbons (Fsp3) is 0.400. The van der Waals surface area contributed by atoms with Crippen molar-refractivity contribution in [3.63, 3.8) is 0 Å². The number of nitrogens with zero attached hydrogens (tertiary/aromatic N) is 2. The summed E-state index contributed by atoms with van der Waals surface area (Å²) in [6.07, 6.45) is 0.536. The van der Waals surface area contributed by atoms with Gasteiger partial charge in [-0.25, -0.2) is 4.98 Å². The average Bonchev–Trinajstić information content (AvgIpc) is 3.07. The van der Waals surface area contributed by atoms with Gasteiger partial charge in [0, 0.05) is 12.6 Å². The van der Waals surface area contributed by atoms with E-state index in [1.807, 2.05) is 31.2 Å². The summed E-state index contributed by atoms with van der Waals surface area (Å²) in [5.74, 6) is -0.977. The van der Waals surface area contributed by atoms with Gasteiger partial charge >= 0.3 is 5.97 Å². The molecule has 1 fully saturated rings. The van der Waals surface area contributed by atoms with E-state index in [1.165, 1.54) is 11.8 Å². The monoisotopic (exact) mass is 336 g/mol. The molecule has 0 saturated carbocycles. The Morgan fingerprint density at radius 3 is 2.91 bits per heavy atom. The highest BCUT2D eigenvalue weighted by Gasteiger charge is 2.37. The number of thioether (sulfide) groups is 1. The van der Waals surface area contributed by atoms with Gasteiger partial charge in [0.05, 0.1) is 21.9 Å². The van der Waals surface area contributed by atoms with Gasteiger partial charge in [-0.05, 0) is 25.5 Å². The first-order valence-corrected chi connectivity index (χ1v) is 8.87. The van der Waals surface area contributed by atoms with Crippen LogP contribution in [0.5, 0.6) is 0 Å². The lowest BCUT2D eigenvalue weighted by atomic mass is 10.0. The SMILES string of the molecule is CC1C(C(=O)O)CCN1C(=O)CSc1nc2ccccc2s1. The predicted octanol–water partition coefficient (Wildman–Crippen LogP) is 2.71. The molecule has 1 N–H and O–H groups in total. The van der Waals surface area contributed by atoms with E-state index in [1.54, 1.807) is 16.2 Å². The molecule has 2 heterocycles. The van der Waals surface area contributed by atoms with E-state index < -0.39 is 11.9 Å². The first-order chi connectivity index (χ1) is 10.6. The third-order valence-corrected chi connectivity index (χ3v) is 6.15. The number of aliphatic carboxylic acids is 1. The Balaban J connectivity index is 1.61. The third kappa shape index (κ3) is 2.96. The average molecular weight is 336 g/mol. The molecule has 1 amide bonds. The van der Waals surface area contributed by atoms with Crippen LogP contribution in [-0.2, 0) is 9.59 Å². The number of para-hydroxylation sites is 1. The molecular weight excluding hydrogens is 320 g/mol. The van der Waals surface area contributed by atoms with Crippen molar-refractivity contribution in [1.82, 2.24) is 9.88 Å². The van der Waals surface area contributed by atoms with Crippen molar-refractivity contribution >= 4 is 45.2 Å². The van der Waals surface area contributed by atoms with Crippen LogP contribution in [0.25, 0.3) is 10.2 Å². The lowest BCUT2D eigenvalue weighted by molar-refractivity contribution is -0.142. The molecule has 1 saturated heterocycles. The highest BCUT2D eigenvalue weighted by molar-refractivity contribution is 8.01. The van der Waals surface area contributed by atoms with E-state index in [0.717, 1.165) is 14.6 Å². The van der Waals surface area contributed by atoms with Crippen molar-refractivity contribution in [2.75, 3.05) is 12.3 Å². The Kier molecular flexibility index (Phi) is 4.35. The number of hydrogen-bond acceptors (Lipinski definition) is 5. The van der Waals surface area contributed by atoms with Crippen LogP contribution in [0.4, 0.5) is 0 Å². The summed E-state index contributed by atoms with van der Waals surface area (Å²) in [6.45, 7) is 2.34. The number of benzene rings is 1. The predicted molar refractivity (Wildman–Crippen MR) is 87.3 cm³/mol. The van der Waals surface area contributed by atoms with Crippen molar-refractivity contribution in [3.05, 3.63) is 24.3 Å².